The van der Waals surface area contributed by atoms with E-state index >= 15 is 0 Å². The van der Waals surface area contributed by atoms with Crippen LogP contribution in [0.2, 0.25) is 0 Å². The number of hydrogen-bond donors (Lipinski definition) is 3. The molecule has 0 radical (unpaired) electrons. The van der Waals surface area contributed by atoms with E-state index in [1.54, 1.807) is 24.7 Å². The van der Waals surface area contributed by atoms with E-state index in [0.717, 1.165) is 0 Å². The van der Waals surface area contributed by atoms with Crippen LogP contribution in [0.5, 0.6) is 0 Å². The van der Waals surface area contributed by atoms with Crippen molar-refractivity contribution in [2.24, 2.45) is 0 Å². The molecule has 232 valence electrons. The Morgan fingerprint density at radius 3 is 2.26 bits per heavy atom. The molecule has 8 atom stereocenters. The fourth-order valence-corrected chi connectivity index (χ4v) is 7.11. The third kappa shape index (κ3) is 5.06. The Morgan fingerprint density at radius 1 is 0.953 bits per heavy atom. The number of rotatable bonds is 7. The number of aromatic amines is 1. The van der Waals surface area contributed by atoms with Gasteiger partial charge in [-0.05, 0) is 27.7 Å². The fourth-order valence-electron chi connectivity index (χ4n) is 6.18. The zero-order valence-corrected chi connectivity index (χ0v) is 24.7. The van der Waals surface area contributed by atoms with E-state index in [-0.39, 0.29) is 12.4 Å². The molecule has 3 aromatic heterocycles. The van der Waals surface area contributed by atoms with Crippen molar-refractivity contribution in [2.45, 2.75) is 94.1 Å². The Kier molecular flexibility index (Phi) is 6.93. The molecule has 0 saturated carbocycles. The van der Waals surface area contributed by atoms with Crippen molar-refractivity contribution in [1.82, 2.24) is 29.1 Å². The van der Waals surface area contributed by atoms with Gasteiger partial charge in [-0.2, -0.15) is 11.8 Å². The second-order valence-corrected chi connectivity index (χ2v) is 12.9. The van der Waals surface area contributed by atoms with E-state index < -0.39 is 71.9 Å². The number of aromatic nitrogens is 6. The first-order chi connectivity index (χ1) is 20.4. The van der Waals surface area contributed by atoms with Crippen LogP contribution in [-0.2, 0) is 34.2 Å². The first-order valence-electron chi connectivity index (χ1n) is 13.9. The summed E-state index contributed by atoms with van der Waals surface area (Å²) in [6, 6.07) is 1.26. The highest BCUT2D eigenvalue weighted by Crippen LogP contribution is 2.45. The predicted molar refractivity (Wildman–Crippen MR) is 150 cm³/mol. The number of thioether (sulfide) groups is 1. The lowest BCUT2D eigenvalue weighted by Crippen LogP contribution is -2.37. The Hall–Kier alpha value is -2.90. The number of nitrogens with two attached hydrogens (primary N) is 1. The quantitative estimate of drug-likeness (QED) is 0.320. The molecular formula is C26H33N7O9S. The van der Waals surface area contributed by atoms with Gasteiger partial charge in [0.15, 0.2) is 35.5 Å². The molecule has 0 amide bonds. The molecule has 43 heavy (non-hydrogen) atoms. The average Bonchev–Trinajstić information content (AvgIpc) is 3.70. The van der Waals surface area contributed by atoms with Crippen molar-refractivity contribution < 1.29 is 33.5 Å². The molecule has 7 heterocycles. The van der Waals surface area contributed by atoms with Crippen LogP contribution in [0.15, 0.2) is 28.2 Å². The van der Waals surface area contributed by atoms with Crippen LogP contribution >= 0.6 is 11.8 Å². The van der Waals surface area contributed by atoms with Crippen LogP contribution < -0.4 is 17.0 Å². The number of H-pyrrole nitrogens is 1. The highest BCUT2D eigenvalue weighted by atomic mass is 32.2. The monoisotopic (exact) mass is 619 g/mol. The van der Waals surface area contributed by atoms with Crippen LogP contribution in [-0.4, -0.2) is 94.7 Å². The average molecular weight is 620 g/mol. The topological polar surface area (TPSA) is 200 Å². The first kappa shape index (κ1) is 28.8. The molecule has 4 aliphatic heterocycles. The molecule has 0 spiro atoms. The van der Waals surface area contributed by atoms with Crippen molar-refractivity contribution in [1.29, 1.82) is 0 Å². The molecule has 4 aliphatic rings. The van der Waals surface area contributed by atoms with Gasteiger partial charge < -0.3 is 39.3 Å². The lowest BCUT2D eigenvalue weighted by Gasteiger charge is -2.24. The Balaban J connectivity index is 1.09. The van der Waals surface area contributed by atoms with E-state index in [4.69, 9.17) is 39.1 Å². The normalized spacial score (nSPS) is 34.2. The number of imidazole rings is 1. The van der Waals surface area contributed by atoms with Crippen molar-refractivity contribution in [3.8, 4) is 0 Å². The van der Waals surface area contributed by atoms with Gasteiger partial charge in [0.2, 0.25) is 0 Å². The number of nitrogen functional groups attached to an aromatic ring is 1. The van der Waals surface area contributed by atoms with Crippen molar-refractivity contribution in [3.63, 3.8) is 0 Å². The highest BCUT2D eigenvalue weighted by molar-refractivity contribution is 7.98. The van der Waals surface area contributed by atoms with Gasteiger partial charge in [-0.15, -0.1) is 0 Å². The van der Waals surface area contributed by atoms with Crippen molar-refractivity contribution >= 4 is 28.7 Å². The van der Waals surface area contributed by atoms with Crippen LogP contribution in [0.25, 0.3) is 11.2 Å². The van der Waals surface area contributed by atoms with Gasteiger partial charge in [-0.25, -0.2) is 19.7 Å². The Bertz CT molecular complexity index is 1660. The van der Waals surface area contributed by atoms with E-state index in [1.807, 2.05) is 13.8 Å². The van der Waals surface area contributed by atoms with E-state index in [1.165, 1.54) is 28.6 Å². The third-order valence-electron chi connectivity index (χ3n) is 7.84. The van der Waals surface area contributed by atoms with E-state index in [9.17, 15) is 14.7 Å². The number of anilines is 1. The van der Waals surface area contributed by atoms with Crippen LogP contribution in [0.1, 0.15) is 46.0 Å². The number of hydrogen-bond acceptors (Lipinski definition) is 14. The zero-order chi connectivity index (χ0) is 30.3. The Labute approximate surface area is 248 Å². The molecule has 0 aliphatic carbocycles. The smallest absolute Gasteiger partial charge is 0.330 e. The molecule has 0 unspecified atom stereocenters. The van der Waals surface area contributed by atoms with Crippen LogP contribution in [0.4, 0.5) is 5.82 Å². The van der Waals surface area contributed by atoms with Gasteiger partial charge in [0, 0.05) is 18.0 Å². The molecule has 0 aromatic carbocycles. The van der Waals surface area contributed by atoms with Gasteiger partial charge in [0.25, 0.3) is 5.56 Å². The molecule has 16 nitrogen and oxygen atoms in total. The van der Waals surface area contributed by atoms with Gasteiger partial charge in [0.05, 0.1) is 24.8 Å². The summed E-state index contributed by atoms with van der Waals surface area (Å²) in [5.74, 6) is -0.136. The third-order valence-corrected chi connectivity index (χ3v) is 8.86. The highest BCUT2D eigenvalue weighted by Gasteiger charge is 2.57. The maximum Gasteiger partial charge on any atom is 0.330 e. The number of aliphatic hydroxyl groups excluding tert-OH is 1. The minimum absolute atomic E-state index is 0.223. The summed E-state index contributed by atoms with van der Waals surface area (Å²) in [5, 5.41) is 9.89. The van der Waals surface area contributed by atoms with Gasteiger partial charge in [-0.1, -0.05) is 0 Å². The second kappa shape index (κ2) is 10.3. The molecule has 0 bridgehead atoms. The van der Waals surface area contributed by atoms with Gasteiger partial charge in [-0.3, -0.25) is 18.9 Å². The van der Waals surface area contributed by atoms with E-state index in [0.29, 0.717) is 28.5 Å². The Morgan fingerprint density at radius 2 is 1.58 bits per heavy atom. The second-order valence-electron chi connectivity index (χ2n) is 11.8. The minimum atomic E-state index is -0.868. The summed E-state index contributed by atoms with van der Waals surface area (Å²) >= 11 is 1.51. The summed E-state index contributed by atoms with van der Waals surface area (Å²) < 4.78 is 39.7. The molecule has 7 rings (SSSR count). The maximum atomic E-state index is 12.5. The fraction of sp³-hybridized carbons (Fsp3) is 0.654. The molecule has 17 heteroatoms. The van der Waals surface area contributed by atoms with Crippen LogP contribution in [0, 0.1) is 0 Å². The predicted octanol–water partition coefficient (Wildman–Crippen LogP) is 0.0192. The molecule has 4 N–H and O–H groups in total. The van der Waals surface area contributed by atoms with Crippen molar-refractivity contribution in [3.05, 3.63) is 45.3 Å². The molecule has 3 aromatic rings. The number of ether oxygens (including phenoxy) is 6. The number of nitrogens with zero attached hydrogens (tertiary/aromatic N) is 5. The van der Waals surface area contributed by atoms with E-state index in [2.05, 4.69) is 15.0 Å². The summed E-state index contributed by atoms with van der Waals surface area (Å²) in [7, 11) is 0. The SMILES string of the molecule is CC1(C)O[C@@H]2[C@H](O1)[C@@H](CSCc1nc(N)c3ncn([C@@H]4O[C@H](CO)[C@H]5OC(C)(C)O[C@H]54)c3n1)O[C@H]2n1ccc(=O)[nH]c1=O. The summed E-state index contributed by atoms with van der Waals surface area (Å²) in [4.78, 5) is 40.0. The minimum Gasteiger partial charge on any atom is -0.394 e. The molecule has 4 fully saturated rings. The summed E-state index contributed by atoms with van der Waals surface area (Å²) in [6.07, 6.45) is -1.35. The van der Waals surface area contributed by atoms with Crippen LogP contribution in [0.3, 0.4) is 0 Å². The standard InChI is InChI=1S/C26H33N7O9S/c1-25(2)39-16-11(7-34)37-23(18(16)41-25)33-10-28-15-20(27)29-13(30-21(15)33)9-43-8-12-17-19(42-26(3,4)40-17)22(38-12)32-6-5-14(35)31-24(32)36/h5-6,10-12,16-19,22-23,34H,7-9H2,1-4H3,(H2,27,29,30)(H,31,35,36)/t11-,12-,16-,17-,18-,19-,22-,23-/m1/s1. The lowest BCUT2D eigenvalue weighted by atomic mass is 10.1. The lowest BCUT2D eigenvalue weighted by molar-refractivity contribution is -0.199. The number of nitrogens with one attached hydrogen (secondary N) is 1. The summed E-state index contributed by atoms with van der Waals surface area (Å²) in [6.45, 7) is 7.02. The van der Waals surface area contributed by atoms with Gasteiger partial charge in [0.1, 0.15) is 41.9 Å². The first-order valence-corrected chi connectivity index (χ1v) is 15.1. The largest absolute Gasteiger partial charge is 0.394 e. The van der Waals surface area contributed by atoms with Crippen molar-refractivity contribution in [2.75, 3.05) is 18.1 Å². The molecule has 4 saturated heterocycles. The zero-order valence-electron chi connectivity index (χ0n) is 23.9. The number of fused-ring (bicyclic) bond motifs is 3. The number of aliphatic hydroxyl groups is 1. The summed E-state index contributed by atoms with van der Waals surface area (Å²) in [5.41, 5.74) is 6.10. The maximum absolute atomic E-state index is 12.5. The molecular weight excluding hydrogens is 586 g/mol. The van der Waals surface area contributed by atoms with Gasteiger partial charge >= 0.3 is 5.69 Å².